The Bertz CT molecular complexity index is 276. The molecule has 0 saturated carbocycles. The van der Waals surface area contributed by atoms with Crippen LogP contribution in [0.2, 0.25) is 0 Å². The molecule has 1 atom stereocenters. The lowest BCUT2D eigenvalue weighted by molar-refractivity contribution is -0.134. The van der Waals surface area contributed by atoms with Gasteiger partial charge in [0.25, 0.3) is 0 Å². The first-order valence-electron chi connectivity index (χ1n) is 6.55. The Morgan fingerprint density at radius 2 is 1.58 bits per heavy atom. The molecule has 0 aliphatic carbocycles. The number of carboxylic acids is 2. The largest absolute Gasteiger partial charge is 0.478 e. The number of nitrogens with two attached hydrogens (primary N) is 1. The smallest absolute Gasteiger partial charge is 0.328 e. The molecule has 5 heteroatoms. The first-order chi connectivity index (χ1) is 8.62. The third-order valence-corrected chi connectivity index (χ3v) is 2.46. The number of aliphatic carboxylic acids is 2. The van der Waals surface area contributed by atoms with Gasteiger partial charge in [-0.05, 0) is 26.2 Å². The van der Waals surface area contributed by atoms with Gasteiger partial charge in [-0.25, -0.2) is 9.59 Å². The molecule has 0 aliphatic heterocycles. The van der Waals surface area contributed by atoms with Crippen LogP contribution < -0.4 is 5.73 Å². The summed E-state index contributed by atoms with van der Waals surface area (Å²) in [7, 11) is 0. The molecular formula is C14H27NO4. The summed E-state index contributed by atoms with van der Waals surface area (Å²) in [5, 5.41) is 15.6. The number of rotatable bonds is 7. The summed E-state index contributed by atoms with van der Waals surface area (Å²) in [6.07, 6.45) is 6.17. The minimum absolute atomic E-state index is 0.0237. The zero-order valence-electron chi connectivity index (χ0n) is 12.3. The van der Waals surface area contributed by atoms with Crippen LogP contribution in [0.25, 0.3) is 0 Å². The molecule has 0 radical (unpaired) electrons. The van der Waals surface area contributed by atoms with Crippen LogP contribution in [0.1, 0.15) is 53.4 Å². The molecule has 0 aliphatic rings. The van der Waals surface area contributed by atoms with Crippen LogP contribution in [-0.2, 0) is 9.59 Å². The lowest BCUT2D eigenvalue weighted by Crippen LogP contribution is -2.34. The van der Waals surface area contributed by atoms with Crippen LogP contribution in [0.15, 0.2) is 12.2 Å². The Balaban J connectivity index is 0. The second kappa shape index (κ2) is 10.6. The van der Waals surface area contributed by atoms with E-state index in [2.05, 4.69) is 27.7 Å². The zero-order valence-corrected chi connectivity index (χ0v) is 12.3. The Kier molecular flexibility index (Phi) is 11.1. The van der Waals surface area contributed by atoms with Crippen molar-refractivity contribution in [3.8, 4) is 0 Å². The maximum atomic E-state index is 9.55. The van der Waals surface area contributed by atoms with Crippen molar-refractivity contribution in [2.24, 2.45) is 11.7 Å². The summed E-state index contributed by atoms with van der Waals surface area (Å²) in [5.74, 6) is -1.68. The molecule has 4 N–H and O–H groups in total. The van der Waals surface area contributed by atoms with Gasteiger partial charge in [0, 0.05) is 17.7 Å². The lowest BCUT2D eigenvalue weighted by Gasteiger charge is -2.24. The van der Waals surface area contributed by atoms with Gasteiger partial charge in [-0.2, -0.15) is 0 Å². The minimum Gasteiger partial charge on any atom is -0.478 e. The van der Waals surface area contributed by atoms with E-state index in [4.69, 9.17) is 15.9 Å². The summed E-state index contributed by atoms with van der Waals surface area (Å²) >= 11 is 0. The molecule has 0 fully saturated rings. The Morgan fingerprint density at radius 1 is 1.16 bits per heavy atom. The first kappa shape index (κ1) is 20.0. The van der Waals surface area contributed by atoms with Gasteiger partial charge < -0.3 is 15.9 Å². The quantitative estimate of drug-likeness (QED) is 0.619. The predicted molar refractivity (Wildman–Crippen MR) is 76.0 cm³/mol. The highest BCUT2D eigenvalue weighted by atomic mass is 16.4. The average Bonchev–Trinajstić information content (AvgIpc) is 2.25. The molecule has 0 rings (SSSR count). The second-order valence-electron chi connectivity index (χ2n) is 5.27. The molecule has 112 valence electrons. The molecule has 0 aromatic rings. The third-order valence-electron chi connectivity index (χ3n) is 2.46. The maximum Gasteiger partial charge on any atom is 0.328 e. The SMILES string of the molecule is CCCC(CC)CC(C)(C)N.O=C(O)/C=C/C(=O)O. The summed E-state index contributed by atoms with van der Waals surface area (Å²) in [6, 6.07) is 0. The molecule has 1 unspecified atom stereocenters. The second-order valence-corrected chi connectivity index (χ2v) is 5.27. The number of carbonyl (C=O) groups is 2. The molecule has 0 aromatic heterocycles. The van der Waals surface area contributed by atoms with Gasteiger partial charge in [0.05, 0.1) is 0 Å². The Morgan fingerprint density at radius 3 is 1.79 bits per heavy atom. The first-order valence-corrected chi connectivity index (χ1v) is 6.55. The molecule has 0 aromatic carbocycles. The van der Waals surface area contributed by atoms with E-state index in [-0.39, 0.29) is 5.54 Å². The summed E-state index contributed by atoms with van der Waals surface area (Å²) in [4.78, 5) is 19.1. The number of hydrogen-bond acceptors (Lipinski definition) is 3. The Hall–Kier alpha value is -1.36. The summed E-state index contributed by atoms with van der Waals surface area (Å²) in [5.41, 5.74) is 5.97. The van der Waals surface area contributed by atoms with Gasteiger partial charge >= 0.3 is 11.9 Å². The van der Waals surface area contributed by atoms with Crippen LogP contribution >= 0.6 is 0 Å². The van der Waals surface area contributed by atoms with Crippen molar-refractivity contribution < 1.29 is 19.8 Å². The van der Waals surface area contributed by atoms with Crippen molar-refractivity contribution in [3.63, 3.8) is 0 Å². The highest BCUT2D eigenvalue weighted by Gasteiger charge is 2.16. The van der Waals surface area contributed by atoms with Crippen molar-refractivity contribution in [1.29, 1.82) is 0 Å². The topological polar surface area (TPSA) is 101 Å². The maximum absolute atomic E-state index is 9.55. The normalized spacial score (nSPS) is 12.7. The van der Waals surface area contributed by atoms with E-state index >= 15 is 0 Å². The minimum atomic E-state index is -1.26. The zero-order chi connectivity index (χ0) is 15.5. The third kappa shape index (κ3) is 19.2. The van der Waals surface area contributed by atoms with E-state index in [9.17, 15) is 9.59 Å². The van der Waals surface area contributed by atoms with Crippen LogP contribution in [0, 0.1) is 5.92 Å². The van der Waals surface area contributed by atoms with Gasteiger partial charge in [0.15, 0.2) is 0 Å². The summed E-state index contributed by atoms with van der Waals surface area (Å²) in [6.45, 7) is 8.73. The van der Waals surface area contributed by atoms with E-state index in [0.29, 0.717) is 12.2 Å². The molecule has 5 nitrogen and oxygen atoms in total. The molecule has 0 heterocycles. The molecule has 0 saturated heterocycles. The average molecular weight is 273 g/mol. The van der Waals surface area contributed by atoms with E-state index in [1.807, 2.05) is 0 Å². The fraction of sp³-hybridized carbons (Fsp3) is 0.714. The van der Waals surface area contributed by atoms with Crippen molar-refractivity contribution in [3.05, 3.63) is 12.2 Å². The van der Waals surface area contributed by atoms with Crippen LogP contribution in [0.4, 0.5) is 0 Å². The van der Waals surface area contributed by atoms with Gasteiger partial charge in [-0.1, -0.05) is 33.1 Å². The van der Waals surface area contributed by atoms with E-state index in [1.165, 1.54) is 19.3 Å². The van der Waals surface area contributed by atoms with Crippen LogP contribution in [0.5, 0.6) is 0 Å². The van der Waals surface area contributed by atoms with Gasteiger partial charge in [0.2, 0.25) is 0 Å². The monoisotopic (exact) mass is 273 g/mol. The molecule has 0 bridgehead atoms. The number of carboxylic acid groups (broad SMARTS) is 2. The lowest BCUT2D eigenvalue weighted by atomic mass is 9.87. The highest BCUT2D eigenvalue weighted by molar-refractivity contribution is 5.89. The fourth-order valence-corrected chi connectivity index (χ4v) is 1.75. The van der Waals surface area contributed by atoms with Gasteiger partial charge in [-0.3, -0.25) is 0 Å². The van der Waals surface area contributed by atoms with E-state index < -0.39 is 11.9 Å². The van der Waals surface area contributed by atoms with Crippen LogP contribution in [0.3, 0.4) is 0 Å². The standard InChI is InChI=1S/C10H23N.C4H4O4/c1-5-7-9(6-2)8-10(3,4)11;5-3(6)1-2-4(7)8/h9H,5-8,11H2,1-4H3;1-2H,(H,5,6)(H,7,8)/b;2-1+. The van der Waals surface area contributed by atoms with Gasteiger partial charge in [0.1, 0.15) is 0 Å². The fourth-order valence-electron chi connectivity index (χ4n) is 1.75. The van der Waals surface area contributed by atoms with Gasteiger partial charge in [-0.15, -0.1) is 0 Å². The molecular weight excluding hydrogens is 246 g/mol. The van der Waals surface area contributed by atoms with Crippen molar-refractivity contribution in [2.75, 3.05) is 0 Å². The Labute approximate surface area is 115 Å². The molecule has 0 spiro atoms. The van der Waals surface area contributed by atoms with Crippen molar-refractivity contribution in [2.45, 2.75) is 58.9 Å². The molecule has 19 heavy (non-hydrogen) atoms. The van der Waals surface area contributed by atoms with Crippen molar-refractivity contribution >= 4 is 11.9 Å². The summed E-state index contributed by atoms with van der Waals surface area (Å²) < 4.78 is 0. The predicted octanol–water partition coefficient (Wildman–Crippen LogP) is 2.65. The molecule has 0 amide bonds. The van der Waals surface area contributed by atoms with E-state index in [0.717, 1.165) is 12.3 Å². The highest BCUT2D eigenvalue weighted by Crippen LogP contribution is 2.21. The number of hydrogen-bond donors (Lipinski definition) is 3. The van der Waals surface area contributed by atoms with Crippen LogP contribution in [-0.4, -0.2) is 27.7 Å². The van der Waals surface area contributed by atoms with Crippen molar-refractivity contribution in [1.82, 2.24) is 0 Å². The van der Waals surface area contributed by atoms with E-state index in [1.54, 1.807) is 0 Å².